The molecule has 5 N–H and O–H groups in total. The Bertz CT molecular complexity index is 1040. The van der Waals surface area contributed by atoms with Crippen LogP contribution < -0.4 is 16.4 Å². The molecule has 4 rings (SSSR count). The topological polar surface area (TPSA) is 87.4 Å². The molecule has 2 aliphatic rings. The van der Waals surface area contributed by atoms with Crippen LogP contribution in [0.1, 0.15) is 44.2 Å². The monoisotopic (exact) mass is 465 g/mol. The summed E-state index contributed by atoms with van der Waals surface area (Å²) in [5.41, 5.74) is 6.13. The van der Waals surface area contributed by atoms with Crippen molar-refractivity contribution < 1.29 is 14.3 Å². The second-order valence-electron chi connectivity index (χ2n) is 9.63. The Hall–Kier alpha value is -1.70. The quantitative estimate of drug-likeness (QED) is 0.512. The van der Waals surface area contributed by atoms with Gasteiger partial charge in [-0.2, -0.15) is 0 Å². The molecule has 1 saturated heterocycles. The molecule has 8 heteroatoms. The summed E-state index contributed by atoms with van der Waals surface area (Å²) in [6.07, 6.45) is -0.737. The van der Waals surface area contributed by atoms with Gasteiger partial charge in [-0.1, -0.05) is 62.2 Å². The number of benzene rings is 2. The first-order chi connectivity index (χ1) is 14.5. The van der Waals surface area contributed by atoms with Crippen LogP contribution >= 0.6 is 23.2 Å². The Morgan fingerprint density at radius 2 is 1.97 bits per heavy atom. The van der Waals surface area contributed by atoms with E-state index < -0.39 is 35.5 Å². The number of anilines is 1. The molecule has 1 spiro atoms. The van der Waals surface area contributed by atoms with Gasteiger partial charge in [-0.05, 0) is 41.2 Å². The van der Waals surface area contributed by atoms with Crippen molar-refractivity contribution in [2.75, 3.05) is 5.32 Å². The normalized spacial score (nSPS) is 28.6. The van der Waals surface area contributed by atoms with Gasteiger partial charge in [-0.3, -0.25) is 4.79 Å². The van der Waals surface area contributed by atoms with Crippen LogP contribution in [0, 0.1) is 11.2 Å². The summed E-state index contributed by atoms with van der Waals surface area (Å²) in [4.78, 5) is 13.7. The molecule has 31 heavy (non-hydrogen) atoms. The van der Waals surface area contributed by atoms with Gasteiger partial charge in [0, 0.05) is 22.7 Å². The van der Waals surface area contributed by atoms with Crippen molar-refractivity contribution in [2.24, 2.45) is 11.1 Å². The number of nitrogens with two attached hydrogens (primary N) is 1. The Balaban J connectivity index is 2.03. The molecule has 0 radical (unpaired) electrons. The van der Waals surface area contributed by atoms with E-state index in [0.717, 1.165) is 0 Å². The van der Waals surface area contributed by atoms with E-state index in [-0.39, 0.29) is 21.9 Å². The maximum atomic E-state index is 15.3. The van der Waals surface area contributed by atoms with Gasteiger partial charge in [0.15, 0.2) is 0 Å². The molecule has 0 saturated carbocycles. The first-order valence-corrected chi connectivity index (χ1v) is 11.0. The van der Waals surface area contributed by atoms with Crippen molar-refractivity contribution in [1.82, 2.24) is 5.32 Å². The lowest BCUT2D eigenvalue weighted by molar-refractivity contribution is -0.122. The number of nitrogens with one attached hydrogen (secondary N) is 2. The fourth-order valence-corrected chi connectivity index (χ4v) is 5.62. The van der Waals surface area contributed by atoms with Crippen molar-refractivity contribution in [3.8, 4) is 0 Å². The van der Waals surface area contributed by atoms with Gasteiger partial charge in [-0.15, -0.1) is 0 Å². The number of rotatable bonds is 3. The van der Waals surface area contributed by atoms with Crippen molar-refractivity contribution in [1.29, 1.82) is 0 Å². The zero-order chi connectivity index (χ0) is 22.7. The maximum Gasteiger partial charge on any atom is 0.237 e. The van der Waals surface area contributed by atoms with Crippen LogP contribution in [-0.2, 0) is 10.2 Å². The Morgan fingerprint density at radius 3 is 2.61 bits per heavy atom. The molecule has 5 atom stereocenters. The molecule has 0 bridgehead atoms. The summed E-state index contributed by atoms with van der Waals surface area (Å²) < 4.78 is 15.3. The third-order valence-electron chi connectivity index (χ3n) is 6.35. The molecule has 1 unspecified atom stereocenters. The number of halogens is 3. The van der Waals surface area contributed by atoms with Gasteiger partial charge >= 0.3 is 0 Å². The Kier molecular flexibility index (Phi) is 5.59. The molecule has 2 aromatic rings. The fraction of sp³-hybridized carbons (Fsp3) is 0.435. The molecule has 2 aliphatic heterocycles. The molecule has 2 aromatic carbocycles. The fourth-order valence-electron chi connectivity index (χ4n) is 5.27. The van der Waals surface area contributed by atoms with Gasteiger partial charge in [0.1, 0.15) is 17.5 Å². The summed E-state index contributed by atoms with van der Waals surface area (Å²) >= 11 is 12.3. The number of hydrogen-bond acceptors (Lipinski definition) is 4. The lowest BCUT2D eigenvalue weighted by Gasteiger charge is -2.38. The standard InChI is InChI=1S/C23H26Cl2FN3O2/c1-22(2,3)10-16-23(13-8-7-11(24)9-15(13)28-21(23)31)17(19(29-16)20(27)30)12-5-4-6-14(25)18(12)26/h4-9,16-17,19-20,29-30H,10,27H2,1-3H3,(H,28,31)/t16-,17-,19+,20?,23+/m0/s1. The van der Waals surface area contributed by atoms with E-state index in [9.17, 15) is 9.90 Å². The zero-order valence-electron chi connectivity index (χ0n) is 17.5. The van der Waals surface area contributed by atoms with E-state index in [2.05, 4.69) is 31.4 Å². The van der Waals surface area contributed by atoms with Gasteiger partial charge in [0.25, 0.3) is 0 Å². The first-order valence-electron chi connectivity index (χ1n) is 10.2. The van der Waals surface area contributed by atoms with E-state index in [1.807, 2.05) is 0 Å². The molecule has 166 valence electrons. The second kappa shape index (κ2) is 7.71. The minimum absolute atomic E-state index is 0.0492. The molecule has 0 aromatic heterocycles. The van der Waals surface area contributed by atoms with Gasteiger partial charge < -0.3 is 21.5 Å². The predicted molar refractivity (Wildman–Crippen MR) is 121 cm³/mol. The van der Waals surface area contributed by atoms with Crippen LogP contribution in [0.3, 0.4) is 0 Å². The van der Waals surface area contributed by atoms with Crippen molar-refractivity contribution in [3.05, 3.63) is 63.4 Å². The van der Waals surface area contributed by atoms with Gasteiger partial charge in [0.2, 0.25) is 5.91 Å². The first kappa shape index (κ1) is 22.5. The van der Waals surface area contributed by atoms with E-state index in [1.54, 1.807) is 30.3 Å². The van der Waals surface area contributed by atoms with E-state index in [0.29, 0.717) is 22.7 Å². The summed E-state index contributed by atoms with van der Waals surface area (Å²) in [6, 6.07) is 8.72. The Morgan fingerprint density at radius 1 is 1.26 bits per heavy atom. The minimum atomic E-state index is -1.32. The van der Waals surface area contributed by atoms with E-state index in [4.69, 9.17) is 28.9 Å². The summed E-state index contributed by atoms with van der Waals surface area (Å²) in [5, 5.41) is 17.2. The molecule has 5 nitrogen and oxygen atoms in total. The largest absolute Gasteiger partial charge is 0.377 e. The molecule has 1 fully saturated rings. The number of carbonyl (C=O) groups excluding carboxylic acids is 1. The minimum Gasteiger partial charge on any atom is -0.377 e. The molecule has 2 heterocycles. The highest BCUT2D eigenvalue weighted by atomic mass is 35.5. The maximum absolute atomic E-state index is 15.3. The third-order valence-corrected chi connectivity index (χ3v) is 6.87. The highest BCUT2D eigenvalue weighted by molar-refractivity contribution is 6.31. The lowest BCUT2D eigenvalue weighted by Crippen LogP contribution is -2.49. The van der Waals surface area contributed by atoms with Gasteiger partial charge in [0.05, 0.1) is 11.1 Å². The van der Waals surface area contributed by atoms with Gasteiger partial charge in [-0.25, -0.2) is 4.39 Å². The molecular formula is C23H26Cl2FN3O2. The highest BCUT2D eigenvalue weighted by Gasteiger charge is 2.65. The molecule has 1 amide bonds. The van der Waals surface area contributed by atoms with Crippen molar-refractivity contribution >= 4 is 34.8 Å². The van der Waals surface area contributed by atoms with Crippen molar-refractivity contribution in [3.63, 3.8) is 0 Å². The summed E-state index contributed by atoms with van der Waals surface area (Å²) in [5.74, 6) is -1.69. The zero-order valence-corrected chi connectivity index (χ0v) is 19.1. The summed E-state index contributed by atoms with van der Waals surface area (Å²) in [7, 11) is 0. The van der Waals surface area contributed by atoms with E-state index >= 15 is 4.39 Å². The summed E-state index contributed by atoms with van der Waals surface area (Å²) in [6.45, 7) is 6.21. The van der Waals surface area contributed by atoms with Crippen molar-refractivity contribution in [2.45, 2.75) is 56.8 Å². The number of amides is 1. The smallest absolute Gasteiger partial charge is 0.237 e. The number of aliphatic hydroxyl groups is 1. The molecule has 0 aliphatic carbocycles. The average molecular weight is 466 g/mol. The van der Waals surface area contributed by atoms with E-state index in [1.165, 1.54) is 6.07 Å². The molecular weight excluding hydrogens is 440 g/mol. The Labute approximate surface area is 191 Å². The number of fused-ring (bicyclic) bond motifs is 2. The number of aliphatic hydroxyl groups excluding tert-OH is 1. The SMILES string of the molecule is CC(C)(C)C[C@@H]1N[C@@H](C(N)O)[C@H](c2cccc(Cl)c2F)[C@]12C(=O)Nc1cc(Cl)ccc12. The van der Waals surface area contributed by atoms with Crippen LogP contribution in [0.5, 0.6) is 0 Å². The third kappa shape index (κ3) is 3.55. The highest BCUT2D eigenvalue weighted by Crippen LogP contribution is 2.57. The lowest BCUT2D eigenvalue weighted by atomic mass is 9.62. The number of hydrogen-bond donors (Lipinski definition) is 4. The van der Waals surface area contributed by atoms with Crippen LogP contribution in [-0.4, -0.2) is 29.3 Å². The predicted octanol–water partition coefficient (Wildman–Crippen LogP) is 4.16. The number of carbonyl (C=O) groups is 1. The second-order valence-corrected chi connectivity index (χ2v) is 10.5. The van der Waals surface area contributed by atoms with Crippen LogP contribution in [0.25, 0.3) is 0 Å². The average Bonchev–Trinajstić information content (AvgIpc) is 3.12. The van der Waals surface area contributed by atoms with Crippen LogP contribution in [0.4, 0.5) is 10.1 Å². The van der Waals surface area contributed by atoms with Crippen LogP contribution in [0.15, 0.2) is 36.4 Å². The van der Waals surface area contributed by atoms with Crippen LogP contribution in [0.2, 0.25) is 10.0 Å².